The van der Waals surface area contributed by atoms with E-state index >= 15 is 0 Å². The molecule has 0 bridgehead atoms. The van der Waals surface area contributed by atoms with Gasteiger partial charge in [-0.15, -0.1) is 0 Å². The first-order chi connectivity index (χ1) is 5.10. The zero-order chi connectivity index (χ0) is 10.2. The van der Waals surface area contributed by atoms with Gasteiger partial charge in [-0.3, -0.25) is 4.79 Å². The zero-order valence-electron chi connectivity index (χ0n) is 6.51. The quantitative estimate of drug-likeness (QED) is 0.676. The topological polar surface area (TPSA) is 57.5 Å². The van der Waals surface area contributed by atoms with Crippen molar-refractivity contribution in [2.45, 2.75) is 26.1 Å². The van der Waals surface area contributed by atoms with Gasteiger partial charge in [0, 0.05) is 0 Å². The molecule has 0 aromatic rings. The maximum Gasteiger partial charge on any atom is 0.415 e. The normalized spacial score (nSPS) is 15.8. The molecule has 0 aliphatic rings. The first kappa shape index (κ1) is 11.2. The van der Waals surface area contributed by atoms with E-state index in [1.165, 1.54) is 0 Å². The van der Waals surface area contributed by atoms with Gasteiger partial charge in [0.05, 0.1) is 5.41 Å². The van der Waals surface area contributed by atoms with Gasteiger partial charge in [-0.1, -0.05) is 0 Å². The first-order valence-corrected chi connectivity index (χ1v) is 3.08. The maximum absolute atomic E-state index is 11.8. The number of aliphatic hydroxyl groups is 1. The van der Waals surface area contributed by atoms with E-state index in [0.717, 1.165) is 13.8 Å². The molecular formula is C6H9F3O3. The van der Waals surface area contributed by atoms with Gasteiger partial charge in [0.25, 0.3) is 0 Å². The lowest BCUT2D eigenvalue weighted by atomic mass is 9.86. The molecular weight excluding hydrogens is 177 g/mol. The zero-order valence-corrected chi connectivity index (χ0v) is 6.51. The second-order valence-corrected chi connectivity index (χ2v) is 2.97. The predicted molar refractivity (Wildman–Crippen MR) is 33.5 cm³/mol. The van der Waals surface area contributed by atoms with E-state index in [1.807, 2.05) is 0 Å². The third-order valence-corrected chi connectivity index (χ3v) is 1.54. The van der Waals surface area contributed by atoms with E-state index in [2.05, 4.69) is 0 Å². The molecule has 1 unspecified atom stereocenters. The molecule has 0 aliphatic carbocycles. The van der Waals surface area contributed by atoms with Crippen molar-refractivity contribution in [2.24, 2.45) is 5.41 Å². The van der Waals surface area contributed by atoms with Crippen molar-refractivity contribution in [3.63, 3.8) is 0 Å². The highest BCUT2D eigenvalue weighted by Crippen LogP contribution is 2.33. The van der Waals surface area contributed by atoms with Gasteiger partial charge in [0.2, 0.25) is 0 Å². The lowest BCUT2D eigenvalue weighted by Crippen LogP contribution is -2.46. The second kappa shape index (κ2) is 2.93. The number of alkyl halides is 3. The highest BCUT2D eigenvalue weighted by Gasteiger charge is 2.51. The van der Waals surface area contributed by atoms with Crippen molar-refractivity contribution >= 4 is 5.97 Å². The predicted octanol–water partition coefficient (Wildman–Crippen LogP) is 1.02. The molecule has 0 amide bonds. The molecule has 0 saturated carbocycles. The first-order valence-electron chi connectivity index (χ1n) is 3.08. The van der Waals surface area contributed by atoms with Crippen LogP contribution in [0.15, 0.2) is 0 Å². The van der Waals surface area contributed by atoms with Crippen LogP contribution in [0.25, 0.3) is 0 Å². The summed E-state index contributed by atoms with van der Waals surface area (Å²) < 4.78 is 35.4. The largest absolute Gasteiger partial charge is 0.481 e. The number of rotatable bonds is 2. The van der Waals surface area contributed by atoms with E-state index in [-0.39, 0.29) is 0 Å². The molecule has 0 spiro atoms. The van der Waals surface area contributed by atoms with Gasteiger partial charge in [-0.2, -0.15) is 13.2 Å². The molecule has 0 fully saturated rings. The van der Waals surface area contributed by atoms with E-state index in [0.29, 0.717) is 0 Å². The summed E-state index contributed by atoms with van der Waals surface area (Å²) in [4.78, 5) is 10.2. The summed E-state index contributed by atoms with van der Waals surface area (Å²) in [7, 11) is 0. The van der Waals surface area contributed by atoms with Crippen LogP contribution in [-0.4, -0.2) is 28.5 Å². The van der Waals surface area contributed by atoms with Crippen molar-refractivity contribution in [3.05, 3.63) is 0 Å². The summed E-state index contributed by atoms with van der Waals surface area (Å²) in [5, 5.41) is 16.9. The van der Waals surface area contributed by atoms with Crippen molar-refractivity contribution in [2.75, 3.05) is 0 Å². The van der Waals surface area contributed by atoms with Crippen LogP contribution in [0, 0.1) is 5.41 Å². The Morgan fingerprint density at radius 3 is 1.75 bits per heavy atom. The summed E-state index contributed by atoms with van der Waals surface area (Å²) in [6.45, 7) is 1.63. The number of carbonyl (C=O) groups is 1. The van der Waals surface area contributed by atoms with Gasteiger partial charge >= 0.3 is 12.1 Å². The van der Waals surface area contributed by atoms with Crippen LogP contribution in [0.3, 0.4) is 0 Å². The Balaban J connectivity index is 4.69. The fourth-order valence-corrected chi connectivity index (χ4v) is 0.526. The standard InChI is InChI=1S/C6H9F3O3/c1-5(2,4(11)12)3(10)6(7,8)9/h3,10H,1-2H3,(H,11,12). The Morgan fingerprint density at radius 2 is 1.67 bits per heavy atom. The van der Waals surface area contributed by atoms with E-state index in [1.54, 1.807) is 0 Å². The monoisotopic (exact) mass is 186 g/mol. The fourth-order valence-electron chi connectivity index (χ4n) is 0.526. The Bertz CT molecular complexity index is 185. The fraction of sp³-hybridized carbons (Fsp3) is 0.833. The minimum atomic E-state index is -4.90. The van der Waals surface area contributed by atoms with Gasteiger partial charge in [-0.25, -0.2) is 0 Å². The van der Waals surface area contributed by atoms with Crippen molar-refractivity contribution < 1.29 is 28.2 Å². The molecule has 2 N–H and O–H groups in total. The van der Waals surface area contributed by atoms with Crippen LogP contribution in [-0.2, 0) is 4.79 Å². The van der Waals surface area contributed by atoms with E-state index in [9.17, 15) is 18.0 Å². The molecule has 0 saturated heterocycles. The summed E-state index contributed by atoms with van der Waals surface area (Å²) in [6.07, 6.45) is -7.75. The Labute approximate surface area is 66.8 Å². The number of hydrogen-bond donors (Lipinski definition) is 2. The lowest BCUT2D eigenvalue weighted by molar-refractivity contribution is -0.237. The molecule has 0 aliphatic heterocycles. The average Bonchev–Trinajstić information content (AvgIpc) is 1.83. The molecule has 0 aromatic carbocycles. The van der Waals surface area contributed by atoms with Crippen LogP contribution in [0.1, 0.15) is 13.8 Å². The summed E-state index contributed by atoms with van der Waals surface area (Å²) in [5.41, 5.74) is -2.21. The minimum Gasteiger partial charge on any atom is -0.481 e. The third-order valence-electron chi connectivity index (χ3n) is 1.54. The molecule has 72 valence electrons. The van der Waals surface area contributed by atoms with Crippen LogP contribution in [0.5, 0.6) is 0 Å². The number of carboxylic acids is 1. The molecule has 1 atom stereocenters. The van der Waals surface area contributed by atoms with Gasteiger partial charge < -0.3 is 10.2 Å². The Kier molecular flexibility index (Phi) is 2.74. The molecule has 0 radical (unpaired) electrons. The third kappa shape index (κ3) is 2.10. The SMILES string of the molecule is CC(C)(C(=O)O)C(O)C(F)(F)F. The molecule has 3 nitrogen and oxygen atoms in total. The average molecular weight is 186 g/mol. The Hall–Kier alpha value is -0.780. The van der Waals surface area contributed by atoms with E-state index in [4.69, 9.17) is 10.2 Å². The Morgan fingerprint density at radius 1 is 1.33 bits per heavy atom. The van der Waals surface area contributed by atoms with Crippen molar-refractivity contribution in [1.29, 1.82) is 0 Å². The van der Waals surface area contributed by atoms with Crippen molar-refractivity contribution in [1.82, 2.24) is 0 Å². The smallest absolute Gasteiger partial charge is 0.415 e. The highest BCUT2D eigenvalue weighted by atomic mass is 19.4. The molecule has 12 heavy (non-hydrogen) atoms. The number of aliphatic carboxylic acids is 1. The number of aliphatic hydroxyl groups excluding tert-OH is 1. The number of carboxylic acid groups (broad SMARTS) is 1. The molecule has 0 heterocycles. The molecule has 0 rings (SSSR count). The van der Waals surface area contributed by atoms with Crippen LogP contribution < -0.4 is 0 Å². The molecule has 0 aromatic heterocycles. The number of halogens is 3. The van der Waals surface area contributed by atoms with Gasteiger partial charge in [0.15, 0.2) is 6.10 Å². The van der Waals surface area contributed by atoms with Gasteiger partial charge in [-0.05, 0) is 13.8 Å². The number of hydrogen-bond acceptors (Lipinski definition) is 2. The second-order valence-electron chi connectivity index (χ2n) is 2.97. The summed E-state index contributed by atoms with van der Waals surface area (Å²) >= 11 is 0. The molecule has 6 heteroatoms. The summed E-state index contributed by atoms with van der Waals surface area (Å²) in [5.74, 6) is -1.69. The lowest BCUT2D eigenvalue weighted by Gasteiger charge is -2.27. The van der Waals surface area contributed by atoms with Crippen LogP contribution >= 0.6 is 0 Å². The maximum atomic E-state index is 11.8. The van der Waals surface area contributed by atoms with Crippen LogP contribution in [0.4, 0.5) is 13.2 Å². The minimum absolute atomic E-state index is 0.813. The van der Waals surface area contributed by atoms with E-state index < -0.39 is 23.7 Å². The van der Waals surface area contributed by atoms with Crippen molar-refractivity contribution in [3.8, 4) is 0 Å². The summed E-state index contributed by atoms with van der Waals surface area (Å²) in [6, 6.07) is 0. The highest BCUT2D eigenvalue weighted by molar-refractivity contribution is 5.74. The van der Waals surface area contributed by atoms with Crippen LogP contribution in [0.2, 0.25) is 0 Å². The van der Waals surface area contributed by atoms with Gasteiger partial charge in [0.1, 0.15) is 0 Å².